The van der Waals surface area contributed by atoms with E-state index in [0.29, 0.717) is 42.9 Å². The Morgan fingerprint density at radius 3 is 2.41 bits per heavy atom. The lowest BCUT2D eigenvalue weighted by atomic mass is 10.2. The predicted octanol–water partition coefficient (Wildman–Crippen LogP) is 2.71. The van der Waals surface area contributed by atoms with Crippen molar-refractivity contribution in [2.24, 2.45) is 4.99 Å². The predicted molar refractivity (Wildman–Crippen MR) is 124 cm³/mol. The zero-order chi connectivity index (χ0) is 20.4. The van der Waals surface area contributed by atoms with Crippen LogP contribution in [0.5, 0.6) is 11.5 Å². The molecule has 1 amide bonds. The molecule has 8 nitrogen and oxygen atoms in total. The molecule has 1 heterocycles. The standard InChI is InChI=1S/C20H28N4O4.HI/c1-14-8-11-28-18(14)19(25)22-9-5-10-23-20(21-2)24-13-15-6-7-16(26-3)17(12-15)27-4;/h6-8,11-12H,5,9-10,13H2,1-4H3,(H,22,25)(H2,21,23,24);1H. The van der Waals surface area contributed by atoms with Gasteiger partial charge in [-0.3, -0.25) is 9.79 Å². The van der Waals surface area contributed by atoms with E-state index >= 15 is 0 Å². The van der Waals surface area contributed by atoms with Gasteiger partial charge in [-0.1, -0.05) is 6.07 Å². The van der Waals surface area contributed by atoms with Crippen LogP contribution in [-0.2, 0) is 6.54 Å². The number of carbonyl (C=O) groups excluding carboxylic acids is 1. The number of furan rings is 1. The van der Waals surface area contributed by atoms with Gasteiger partial charge in [0.1, 0.15) is 0 Å². The number of halogens is 1. The molecule has 0 spiro atoms. The number of aryl methyl sites for hydroxylation is 1. The highest BCUT2D eigenvalue weighted by atomic mass is 127. The van der Waals surface area contributed by atoms with Crippen molar-refractivity contribution in [1.29, 1.82) is 0 Å². The van der Waals surface area contributed by atoms with Gasteiger partial charge in [0.25, 0.3) is 5.91 Å². The molecule has 0 aliphatic heterocycles. The van der Waals surface area contributed by atoms with E-state index in [0.717, 1.165) is 17.5 Å². The number of aliphatic imine (C=N–C) groups is 1. The number of carbonyl (C=O) groups is 1. The summed E-state index contributed by atoms with van der Waals surface area (Å²) in [7, 11) is 4.94. The highest BCUT2D eigenvalue weighted by Crippen LogP contribution is 2.27. The van der Waals surface area contributed by atoms with Crippen LogP contribution in [0.2, 0.25) is 0 Å². The Kier molecular flexibility index (Phi) is 11.0. The molecule has 0 fully saturated rings. The fourth-order valence-electron chi connectivity index (χ4n) is 2.58. The summed E-state index contributed by atoms with van der Waals surface area (Å²) >= 11 is 0. The van der Waals surface area contributed by atoms with Gasteiger partial charge in [-0.05, 0) is 37.1 Å². The molecule has 2 rings (SSSR count). The number of guanidine groups is 1. The van der Waals surface area contributed by atoms with Crippen molar-refractivity contribution in [3.05, 3.63) is 47.4 Å². The van der Waals surface area contributed by atoms with E-state index in [-0.39, 0.29) is 29.9 Å². The molecular formula is C20H29IN4O4. The maximum absolute atomic E-state index is 12.0. The largest absolute Gasteiger partial charge is 0.493 e. The van der Waals surface area contributed by atoms with Crippen LogP contribution in [0, 0.1) is 6.92 Å². The minimum Gasteiger partial charge on any atom is -0.493 e. The number of hydrogen-bond donors (Lipinski definition) is 3. The van der Waals surface area contributed by atoms with Gasteiger partial charge in [0, 0.05) is 32.2 Å². The Morgan fingerprint density at radius 2 is 1.79 bits per heavy atom. The second-order valence-electron chi connectivity index (χ2n) is 6.08. The van der Waals surface area contributed by atoms with Crippen LogP contribution >= 0.6 is 24.0 Å². The maximum atomic E-state index is 12.0. The molecule has 0 radical (unpaired) electrons. The van der Waals surface area contributed by atoms with Crippen molar-refractivity contribution in [2.75, 3.05) is 34.4 Å². The summed E-state index contributed by atoms with van der Waals surface area (Å²) in [5.74, 6) is 2.23. The molecule has 0 saturated carbocycles. The highest BCUT2D eigenvalue weighted by Gasteiger charge is 2.11. The molecule has 0 saturated heterocycles. The van der Waals surface area contributed by atoms with Gasteiger partial charge in [0.05, 0.1) is 20.5 Å². The lowest BCUT2D eigenvalue weighted by Gasteiger charge is -2.13. The van der Waals surface area contributed by atoms with Gasteiger partial charge in [0.15, 0.2) is 23.2 Å². The first-order chi connectivity index (χ1) is 13.6. The third-order valence-electron chi connectivity index (χ3n) is 4.13. The lowest BCUT2D eigenvalue weighted by molar-refractivity contribution is 0.0925. The number of amides is 1. The monoisotopic (exact) mass is 516 g/mol. The molecule has 29 heavy (non-hydrogen) atoms. The molecular weight excluding hydrogens is 487 g/mol. The van der Waals surface area contributed by atoms with Crippen LogP contribution in [0.1, 0.15) is 28.1 Å². The molecule has 3 N–H and O–H groups in total. The van der Waals surface area contributed by atoms with E-state index in [1.807, 2.05) is 25.1 Å². The topological polar surface area (TPSA) is 97.1 Å². The number of nitrogens with one attached hydrogen (secondary N) is 3. The van der Waals surface area contributed by atoms with E-state index in [2.05, 4.69) is 20.9 Å². The molecule has 0 atom stereocenters. The van der Waals surface area contributed by atoms with Gasteiger partial charge in [-0.25, -0.2) is 0 Å². The summed E-state index contributed by atoms with van der Waals surface area (Å²) < 4.78 is 15.7. The van der Waals surface area contributed by atoms with Crippen molar-refractivity contribution in [3.63, 3.8) is 0 Å². The number of rotatable bonds is 9. The number of nitrogens with zero attached hydrogens (tertiary/aromatic N) is 1. The summed E-state index contributed by atoms with van der Waals surface area (Å²) in [6.07, 6.45) is 2.27. The van der Waals surface area contributed by atoms with Gasteiger partial charge >= 0.3 is 0 Å². The zero-order valence-electron chi connectivity index (χ0n) is 17.2. The minimum atomic E-state index is -0.196. The van der Waals surface area contributed by atoms with E-state index in [1.165, 1.54) is 6.26 Å². The molecule has 0 bridgehead atoms. The van der Waals surface area contributed by atoms with Gasteiger partial charge in [-0.2, -0.15) is 0 Å². The molecule has 9 heteroatoms. The average Bonchev–Trinajstić information content (AvgIpc) is 3.15. The lowest BCUT2D eigenvalue weighted by Crippen LogP contribution is -2.38. The molecule has 0 aliphatic rings. The van der Waals surface area contributed by atoms with Crippen molar-refractivity contribution in [3.8, 4) is 11.5 Å². The summed E-state index contributed by atoms with van der Waals surface area (Å²) in [5.41, 5.74) is 1.87. The Morgan fingerprint density at radius 1 is 1.07 bits per heavy atom. The third kappa shape index (κ3) is 7.48. The average molecular weight is 516 g/mol. The van der Waals surface area contributed by atoms with Crippen LogP contribution in [0.15, 0.2) is 39.9 Å². The van der Waals surface area contributed by atoms with Crippen molar-refractivity contribution >= 4 is 35.8 Å². The summed E-state index contributed by atoms with van der Waals surface area (Å²) in [6.45, 7) is 3.64. The van der Waals surface area contributed by atoms with Gasteiger partial charge in [0.2, 0.25) is 0 Å². The van der Waals surface area contributed by atoms with E-state index in [1.54, 1.807) is 27.3 Å². The first-order valence-electron chi connectivity index (χ1n) is 9.06. The Balaban J connectivity index is 0.00000420. The van der Waals surface area contributed by atoms with Gasteiger partial charge < -0.3 is 29.8 Å². The summed E-state index contributed by atoms with van der Waals surface area (Å²) in [4.78, 5) is 16.2. The molecule has 1 aromatic carbocycles. The SMILES string of the molecule is CN=C(NCCCNC(=O)c1occc1C)NCc1ccc(OC)c(OC)c1.I. The second-order valence-corrected chi connectivity index (χ2v) is 6.08. The zero-order valence-corrected chi connectivity index (χ0v) is 19.5. The van der Waals surface area contributed by atoms with Crippen LogP contribution in [0.25, 0.3) is 0 Å². The van der Waals surface area contributed by atoms with Crippen LogP contribution in [0.4, 0.5) is 0 Å². The van der Waals surface area contributed by atoms with Crippen molar-refractivity contribution < 1.29 is 18.7 Å². The minimum absolute atomic E-state index is 0. The Bertz CT molecular complexity index is 808. The molecule has 160 valence electrons. The molecule has 2 aromatic rings. The maximum Gasteiger partial charge on any atom is 0.287 e. The smallest absolute Gasteiger partial charge is 0.287 e. The third-order valence-corrected chi connectivity index (χ3v) is 4.13. The van der Waals surface area contributed by atoms with Gasteiger partial charge in [-0.15, -0.1) is 24.0 Å². The quantitative estimate of drug-likeness (QED) is 0.205. The van der Waals surface area contributed by atoms with E-state index < -0.39 is 0 Å². The fourth-order valence-corrected chi connectivity index (χ4v) is 2.58. The number of benzene rings is 1. The first-order valence-corrected chi connectivity index (χ1v) is 9.06. The normalized spacial score (nSPS) is 10.7. The second kappa shape index (κ2) is 12.9. The van der Waals surface area contributed by atoms with E-state index in [9.17, 15) is 4.79 Å². The molecule has 0 aliphatic carbocycles. The summed E-state index contributed by atoms with van der Waals surface area (Å²) in [5, 5.41) is 9.30. The van der Waals surface area contributed by atoms with Crippen LogP contribution < -0.4 is 25.4 Å². The Hall–Kier alpha value is -2.43. The highest BCUT2D eigenvalue weighted by molar-refractivity contribution is 14.0. The number of hydrogen-bond acceptors (Lipinski definition) is 5. The van der Waals surface area contributed by atoms with Crippen LogP contribution in [-0.4, -0.2) is 46.2 Å². The van der Waals surface area contributed by atoms with Crippen molar-refractivity contribution in [2.45, 2.75) is 19.9 Å². The van der Waals surface area contributed by atoms with E-state index in [4.69, 9.17) is 13.9 Å². The molecule has 0 unspecified atom stereocenters. The number of ether oxygens (including phenoxy) is 2. The first kappa shape index (κ1) is 24.6. The Labute approximate surface area is 188 Å². The van der Waals surface area contributed by atoms with Crippen LogP contribution in [0.3, 0.4) is 0 Å². The van der Waals surface area contributed by atoms with Crippen molar-refractivity contribution in [1.82, 2.24) is 16.0 Å². The fraction of sp³-hybridized carbons (Fsp3) is 0.400. The number of methoxy groups -OCH3 is 2. The molecule has 1 aromatic heterocycles. The summed E-state index contributed by atoms with van der Waals surface area (Å²) in [6, 6.07) is 7.53.